The number of benzene rings is 1. The van der Waals surface area contributed by atoms with Crippen LogP contribution in [-0.2, 0) is 0 Å². The summed E-state index contributed by atoms with van der Waals surface area (Å²) in [5, 5.41) is 0.683. The van der Waals surface area contributed by atoms with Gasteiger partial charge in [-0.15, -0.1) is 11.8 Å². The second-order valence-electron chi connectivity index (χ2n) is 3.57. The average Bonchev–Trinajstić information content (AvgIpc) is 2.37. The number of aromatic nitrogens is 1. The van der Waals surface area contributed by atoms with E-state index >= 15 is 0 Å². The van der Waals surface area contributed by atoms with Gasteiger partial charge in [-0.05, 0) is 30.3 Å². The third kappa shape index (κ3) is 4.13. The number of hydrogen-bond acceptors (Lipinski definition) is 4. The highest BCUT2D eigenvalue weighted by molar-refractivity contribution is 7.99. The van der Waals surface area contributed by atoms with Crippen molar-refractivity contribution >= 4 is 29.2 Å². The lowest BCUT2D eigenvalue weighted by Crippen LogP contribution is -2.00. The SMILES string of the molecule is Nc1ccc(SCCOc2cccc(Cl)c2)cn1. The zero-order valence-corrected chi connectivity index (χ0v) is 11.2. The third-order valence-electron chi connectivity index (χ3n) is 2.18. The maximum absolute atomic E-state index is 5.86. The van der Waals surface area contributed by atoms with E-state index in [9.17, 15) is 0 Å². The zero-order valence-electron chi connectivity index (χ0n) is 9.67. The van der Waals surface area contributed by atoms with Crippen molar-refractivity contribution in [1.29, 1.82) is 0 Å². The number of ether oxygens (including phenoxy) is 1. The minimum atomic E-state index is 0.537. The molecule has 0 atom stereocenters. The van der Waals surface area contributed by atoms with Gasteiger partial charge in [-0.3, -0.25) is 0 Å². The quantitative estimate of drug-likeness (QED) is 0.673. The van der Waals surface area contributed by atoms with Crippen LogP contribution in [0.25, 0.3) is 0 Å². The number of rotatable bonds is 5. The number of thioether (sulfide) groups is 1. The van der Waals surface area contributed by atoms with E-state index in [2.05, 4.69) is 4.98 Å². The van der Waals surface area contributed by atoms with Crippen LogP contribution in [-0.4, -0.2) is 17.3 Å². The number of hydrogen-bond donors (Lipinski definition) is 1. The van der Waals surface area contributed by atoms with Gasteiger partial charge in [0.25, 0.3) is 0 Å². The van der Waals surface area contributed by atoms with Crippen molar-refractivity contribution in [2.75, 3.05) is 18.1 Å². The third-order valence-corrected chi connectivity index (χ3v) is 3.36. The predicted molar refractivity (Wildman–Crippen MR) is 76.3 cm³/mol. The number of anilines is 1. The van der Waals surface area contributed by atoms with Crippen molar-refractivity contribution in [2.45, 2.75) is 4.90 Å². The van der Waals surface area contributed by atoms with Gasteiger partial charge in [-0.25, -0.2) is 4.98 Å². The fourth-order valence-electron chi connectivity index (χ4n) is 1.35. The maximum atomic E-state index is 5.86. The Balaban J connectivity index is 1.74. The molecule has 94 valence electrons. The average molecular weight is 281 g/mol. The van der Waals surface area contributed by atoms with Crippen LogP contribution in [0.3, 0.4) is 0 Å². The topological polar surface area (TPSA) is 48.1 Å². The van der Waals surface area contributed by atoms with E-state index in [1.54, 1.807) is 30.1 Å². The van der Waals surface area contributed by atoms with Crippen LogP contribution >= 0.6 is 23.4 Å². The van der Waals surface area contributed by atoms with Crippen molar-refractivity contribution in [1.82, 2.24) is 4.98 Å². The molecule has 0 radical (unpaired) electrons. The molecule has 1 aromatic carbocycles. The summed E-state index contributed by atoms with van der Waals surface area (Å²) in [7, 11) is 0. The first-order valence-corrected chi connectivity index (χ1v) is 6.83. The summed E-state index contributed by atoms with van der Waals surface area (Å²) in [6, 6.07) is 11.1. The van der Waals surface area contributed by atoms with Crippen LogP contribution in [0, 0.1) is 0 Å². The lowest BCUT2D eigenvalue weighted by molar-refractivity contribution is 0.344. The fraction of sp³-hybridized carbons (Fsp3) is 0.154. The lowest BCUT2D eigenvalue weighted by atomic mass is 10.3. The highest BCUT2D eigenvalue weighted by Crippen LogP contribution is 2.19. The number of pyridine rings is 1. The second kappa shape index (κ2) is 6.52. The monoisotopic (exact) mass is 280 g/mol. The molecule has 18 heavy (non-hydrogen) atoms. The molecule has 1 heterocycles. The Morgan fingerprint density at radius 3 is 2.89 bits per heavy atom. The standard InChI is InChI=1S/C13H13ClN2OS/c14-10-2-1-3-11(8-10)17-6-7-18-12-4-5-13(15)16-9-12/h1-5,8-9H,6-7H2,(H2,15,16). The largest absolute Gasteiger partial charge is 0.493 e. The molecule has 3 nitrogen and oxygen atoms in total. The number of nitrogen functional groups attached to an aromatic ring is 1. The summed E-state index contributed by atoms with van der Waals surface area (Å²) in [6.07, 6.45) is 1.76. The first-order chi connectivity index (χ1) is 8.74. The molecule has 0 unspecified atom stereocenters. The Morgan fingerprint density at radius 2 is 2.17 bits per heavy atom. The van der Waals surface area contributed by atoms with Crippen molar-refractivity contribution in [3.8, 4) is 5.75 Å². The van der Waals surface area contributed by atoms with Crippen LogP contribution in [0.5, 0.6) is 5.75 Å². The smallest absolute Gasteiger partial charge is 0.123 e. The maximum Gasteiger partial charge on any atom is 0.123 e. The van der Waals surface area contributed by atoms with Crippen molar-refractivity contribution in [3.05, 3.63) is 47.6 Å². The molecule has 0 amide bonds. The summed E-state index contributed by atoms with van der Waals surface area (Å²) in [5.74, 6) is 2.17. The molecule has 2 aromatic rings. The van der Waals surface area contributed by atoms with Gasteiger partial charge < -0.3 is 10.5 Å². The minimum absolute atomic E-state index is 0.537. The minimum Gasteiger partial charge on any atom is -0.493 e. The van der Waals surface area contributed by atoms with Crippen LogP contribution in [0.15, 0.2) is 47.5 Å². The fourth-order valence-corrected chi connectivity index (χ4v) is 2.23. The van der Waals surface area contributed by atoms with Crippen molar-refractivity contribution < 1.29 is 4.74 Å². The summed E-state index contributed by atoms with van der Waals surface area (Å²) in [4.78, 5) is 5.11. The molecule has 5 heteroatoms. The molecule has 0 spiro atoms. The van der Waals surface area contributed by atoms with Crippen molar-refractivity contribution in [3.63, 3.8) is 0 Å². The molecular weight excluding hydrogens is 268 g/mol. The molecule has 0 fully saturated rings. The van der Waals surface area contributed by atoms with Crippen LogP contribution in [0.1, 0.15) is 0 Å². The van der Waals surface area contributed by atoms with Gasteiger partial charge in [-0.2, -0.15) is 0 Å². The molecule has 0 saturated heterocycles. The Bertz CT molecular complexity index is 505. The van der Waals surface area contributed by atoms with Gasteiger partial charge in [0.2, 0.25) is 0 Å². The normalized spacial score (nSPS) is 10.3. The molecule has 0 aliphatic carbocycles. The van der Waals surface area contributed by atoms with Gasteiger partial charge in [0.1, 0.15) is 11.6 Å². The van der Waals surface area contributed by atoms with Gasteiger partial charge >= 0.3 is 0 Å². The lowest BCUT2D eigenvalue weighted by Gasteiger charge is -2.06. The van der Waals surface area contributed by atoms with Crippen molar-refractivity contribution in [2.24, 2.45) is 0 Å². The molecule has 0 aliphatic heterocycles. The van der Waals surface area contributed by atoms with Gasteiger partial charge in [-0.1, -0.05) is 17.7 Å². The van der Waals surface area contributed by atoms with E-state index in [1.807, 2.05) is 24.3 Å². The molecule has 2 rings (SSSR count). The van der Waals surface area contributed by atoms with E-state index in [-0.39, 0.29) is 0 Å². The van der Waals surface area contributed by atoms with Gasteiger partial charge in [0, 0.05) is 21.9 Å². The van der Waals surface area contributed by atoms with Crippen LogP contribution in [0.4, 0.5) is 5.82 Å². The summed E-state index contributed by atoms with van der Waals surface area (Å²) < 4.78 is 5.58. The Morgan fingerprint density at radius 1 is 1.28 bits per heavy atom. The second-order valence-corrected chi connectivity index (χ2v) is 5.18. The Kier molecular flexibility index (Phi) is 4.73. The molecule has 1 aromatic heterocycles. The Hall–Kier alpha value is -1.39. The summed E-state index contributed by atoms with van der Waals surface area (Å²) in [5.41, 5.74) is 5.51. The Labute approximate surface area is 115 Å². The highest BCUT2D eigenvalue weighted by atomic mass is 35.5. The van der Waals surface area contributed by atoms with Gasteiger partial charge in [0.05, 0.1) is 6.61 Å². The van der Waals surface area contributed by atoms with E-state index in [1.165, 1.54) is 0 Å². The van der Waals surface area contributed by atoms with E-state index < -0.39 is 0 Å². The molecular formula is C13H13ClN2OS. The number of nitrogens with two attached hydrogens (primary N) is 1. The predicted octanol–water partition coefficient (Wildman–Crippen LogP) is 3.49. The van der Waals surface area contributed by atoms with E-state index in [4.69, 9.17) is 22.1 Å². The van der Waals surface area contributed by atoms with E-state index in [0.29, 0.717) is 17.4 Å². The molecule has 2 N–H and O–H groups in total. The highest BCUT2D eigenvalue weighted by Gasteiger charge is 1.97. The molecule has 0 saturated carbocycles. The molecule has 0 bridgehead atoms. The number of nitrogens with zero attached hydrogens (tertiary/aromatic N) is 1. The molecule has 0 aliphatic rings. The zero-order chi connectivity index (χ0) is 12.8. The number of halogens is 1. The van der Waals surface area contributed by atoms with Crippen LogP contribution < -0.4 is 10.5 Å². The van der Waals surface area contributed by atoms with Gasteiger partial charge in [0.15, 0.2) is 0 Å². The first kappa shape index (κ1) is 13.1. The summed E-state index contributed by atoms with van der Waals surface area (Å²) >= 11 is 7.54. The summed E-state index contributed by atoms with van der Waals surface area (Å²) in [6.45, 7) is 0.620. The van der Waals surface area contributed by atoms with E-state index in [0.717, 1.165) is 16.4 Å². The first-order valence-electron chi connectivity index (χ1n) is 5.47. The van der Waals surface area contributed by atoms with Crippen LogP contribution in [0.2, 0.25) is 5.02 Å².